The number of benzene rings is 1. The van der Waals surface area contributed by atoms with Gasteiger partial charge in [0.05, 0.1) is 19.0 Å². The number of aromatic nitrogens is 3. The molecule has 0 aliphatic carbocycles. The maximum Gasteiger partial charge on any atom is 0.230 e. The van der Waals surface area contributed by atoms with E-state index in [1.54, 1.807) is 13.4 Å². The zero-order chi connectivity index (χ0) is 15.0. The first kappa shape index (κ1) is 13.2. The predicted molar refractivity (Wildman–Crippen MR) is 79.8 cm³/mol. The number of imidazole rings is 1. The van der Waals surface area contributed by atoms with Gasteiger partial charge in [-0.2, -0.15) is 0 Å². The van der Waals surface area contributed by atoms with Crippen LogP contribution in [0.15, 0.2) is 35.2 Å². The molecular weight excluding hydrogens is 268 g/mol. The van der Waals surface area contributed by atoms with Crippen molar-refractivity contribution in [2.75, 3.05) is 12.8 Å². The lowest BCUT2D eigenvalue weighted by atomic mass is 10.0. The van der Waals surface area contributed by atoms with Crippen LogP contribution in [0.2, 0.25) is 0 Å². The average Bonchev–Trinajstić information content (AvgIpc) is 3.04. The highest BCUT2D eigenvalue weighted by atomic mass is 16.5. The van der Waals surface area contributed by atoms with Gasteiger partial charge in [0.15, 0.2) is 0 Å². The molecule has 1 aromatic carbocycles. The van der Waals surface area contributed by atoms with Gasteiger partial charge in [0, 0.05) is 18.8 Å². The van der Waals surface area contributed by atoms with Gasteiger partial charge >= 0.3 is 0 Å². The van der Waals surface area contributed by atoms with E-state index in [1.165, 1.54) is 0 Å². The minimum Gasteiger partial charge on any atom is -0.496 e. The molecule has 0 spiro atoms. The van der Waals surface area contributed by atoms with Crippen LogP contribution in [0.4, 0.5) is 5.88 Å². The fraction of sp³-hybridized carbons (Fsp3) is 0.200. The van der Waals surface area contributed by atoms with Gasteiger partial charge < -0.3 is 19.6 Å². The standard InChI is InChI=1S/C15H16N4O2/c1-9-4-5-12(20-3)10(6-9)13-14(18-21-15(13)16)11-7-19(2)8-17-11/h4-8H,16H2,1-3H3. The van der Waals surface area contributed by atoms with E-state index in [-0.39, 0.29) is 5.88 Å². The minimum atomic E-state index is 0.250. The highest BCUT2D eigenvalue weighted by Crippen LogP contribution is 2.40. The number of nitrogens with two attached hydrogens (primary N) is 1. The zero-order valence-corrected chi connectivity index (χ0v) is 12.1. The van der Waals surface area contributed by atoms with Crippen molar-refractivity contribution in [2.45, 2.75) is 6.92 Å². The van der Waals surface area contributed by atoms with Crippen LogP contribution in [-0.4, -0.2) is 21.8 Å². The fourth-order valence-corrected chi connectivity index (χ4v) is 2.29. The van der Waals surface area contributed by atoms with E-state index in [2.05, 4.69) is 10.1 Å². The molecule has 2 N–H and O–H groups in total. The molecule has 6 heteroatoms. The lowest BCUT2D eigenvalue weighted by Crippen LogP contribution is -1.93. The van der Waals surface area contributed by atoms with Crippen LogP contribution >= 0.6 is 0 Å². The molecule has 0 saturated heterocycles. The molecule has 0 saturated carbocycles. The number of methoxy groups -OCH3 is 1. The van der Waals surface area contributed by atoms with Gasteiger partial charge in [-0.15, -0.1) is 0 Å². The Morgan fingerprint density at radius 2 is 2.14 bits per heavy atom. The molecular formula is C15H16N4O2. The highest BCUT2D eigenvalue weighted by molar-refractivity contribution is 5.88. The Hall–Kier alpha value is -2.76. The second-order valence-corrected chi connectivity index (χ2v) is 4.90. The van der Waals surface area contributed by atoms with Crippen LogP contribution in [0.5, 0.6) is 5.75 Å². The van der Waals surface area contributed by atoms with Gasteiger partial charge in [0.2, 0.25) is 5.88 Å². The van der Waals surface area contributed by atoms with Gasteiger partial charge in [-0.1, -0.05) is 16.8 Å². The summed E-state index contributed by atoms with van der Waals surface area (Å²) in [4.78, 5) is 4.31. The van der Waals surface area contributed by atoms with Crippen LogP contribution in [0.1, 0.15) is 5.56 Å². The molecule has 108 valence electrons. The van der Waals surface area contributed by atoms with Crippen LogP contribution in [0.3, 0.4) is 0 Å². The summed E-state index contributed by atoms with van der Waals surface area (Å²) in [5.41, 5.74) is 9.93. The van der Waals surface area contributed by atoms with Crippen LogP contribution in [-0.2, 0) is 7.05 Å². The van der Waals surface area contributed by atoms with E-state index in [4.69, 9.17) is 15.0 Å². The van der Waals surface area contributed by atoms with E-state index in [0.717, 1.165) is 11.1 Å². The summed E-state index contributed by atoms with van der Waals surface area (Å²) in [5, 5.41) is 4.05. The SMILES string of the molecule is COc1ccc(C)cc1-c1c(-c2cn(C)cn2)noc1N. The Bertz CT molecular complexity index is 789. The molecule has 0 amide bonds. The predicted octanol–water partition coefficient (Wildman–Crippen LogP) is 2.64. The van der Waals surface area contributed by atoms with Gasteiger partial charge in [0.25, 0.3) is 0 Å². The number of hydrogen-bond acceptors (Lipinski definition) is 5. The summed E-state index contributed by atoms with van der Waals surface area (Å²) in [6.45, 7) is 2.01. The molecule has 2 heterocycles. The molecule has 6 nitrogen and oxygen atoms in total. The van der Waals surface area contributed by atoms with Crippen molar-refractivity contribution in [1.29, 1.82) is 0 Å². The van der Waals surface area contributed by atoms with E-state index in [9.17, 15) is 0 Å². The number of nitrogen functional groups attached to an aromatic ring is 1. The topological polar surface area (TPSA) is 79.1 Å². The third kappa shape index (κ3) is 2.24. The first-order chi connectivity index (χ1) is 10.1. The second kappa shape index (κ2) is 4.97. The maximum absolute atomic E-state index is 5.97. The number of rotatable bonds is 3. The van der Waals surface area contributed by atoms with Gasteiger partial charge in [0.1, 0.15) is 17.1 Å². The van der Waals surface area contributed by atoms with Crippen molar-refractivity contribution in [3.8, 4) is 28.3 Å². The first-order valence-electron chi connectivity index (χ1n) is 6.48. The monoisotopic (exact) mass is 284 g/mol. The van der Waals surface area contributed by atoms with Gasteiger partial charge in [-0.3, -0.25) is 0 Å². The lowest BCUT2D eigenvalue weighted by Gasteiger charge is -2.09. The third-order valence-corrected chi connectivity index (χ3v) is 3.29. The maximum atomic E-state index is 5.97. The Morgan fingerprint density at radius 1 is 1.33 bits per heavy atom. The van der Waals surface area contributed by atoms with Crippen LogP contribution in [0, 0.1) is 6.92 Å². The van der Waals surface area contributed by atoms with E-state index in [1.807, 2.05) is 42.9 Å². The van der Waals surface area contributed by atoms with Gasteiger partial charge in [-0.05, 0) is 19.1 Å². The van der Waals surface area contributed by atoms with Crippen molar-refractivity contribution in [3.63, 3.8) is 0 Å². The van der Waals surface area contributed by atoms with Crippen molar-refractivity contribution < 1.29 is 9.26 Å². The molecule has 0 aliphatic rings. The van der Waals surface area contributed by atoms with Crippen LogP contribution < -0.4 is 10.5 Å². The Morgan fingerprint density at radius 3 is 2.81 bits per heavy atom. The molecule has 3 aromatic rings. The van der Waals surface area contributed by atoms with Crippen molar-refractivity contribution >= 4 is 5.88 Å². The van der Waals surface area contributed by atoms with E-state index >= 15 is 0 Å². The largest absolute Gasteiger partial charge is 0.496 e. The normalized spacial score (nSPS) is 10.8. The van der Waals surface area contributed by atoms with Crippen molar-refractivity contribution in [3.05, 3.63) is 36.3 Å². The quantitative estimate of drug-likeness (QED) is 0.799. The number of ether oxygens (including phenoxy) is 1. The Kier molecular flexibility index (Phi) is 3.13. The summed E-state index contributed by atoms with van der Waals surface area (Å²) in [6, 6.07) is 5.87. The summed E-state index contributed by atoms with van der Waals surface area (Å²) in [7, 11) is 3.52. The average molecular weight is 284 g/mol. The third-order valence-electron chi connectivity index (χ3n) is 3.29. The second-order valence-electron chi connectivity index (χ2n) is 4.90. The van der Waals surface area contributed by atoms with E-state index < -0.39 is 0 Å². The van der Waals surface area contributed by atoms with Crippen molar-refractivity contribution in [1.82, 2.24) is 14.7 Å². The molecule has 0 fully saturated rings. The van der Waals surface area contributed by atoms with E-state index in [0.29, 0.717) is 22.7 Å². The fourth-order valence-electron chi connectivity index (χ4n) is 2.29. The molecule has 0 aliphatic heterocycles. The number of nitrogens with zero attached hydrogens (tertiary/aromatic N) is 3. The summed E-state index contributed by atoms with van der Waals surface area (Å²) in [5.74, 6) is 0.965. The summed E-state index contributed by atoms with van der Waals surface area (Å²) < 4.78 is 12.4. The molecule has 21 heavy (non-hydrogen) atoms. The number of aryl methyl sites for hydroxylation is 2. The summed E-state index contributed by atoms with van der Waals surface area (Å²) in [6.07, 6.45) is 3.57. The highest BCUT2D eigenvalue weighted by Gasteiger charge is 2.22. The van der Waals surface area contributed by atoms with Crippen LogP contribution in [0.25, 0.3) is 22.5 Å². The number of anilines is 1. The zero-order valence-electron chi connectivity index (χ0n) is 12.1. The molecule has 2 aromatic heterocycles. The first-order valence-corrected chi connectivity index (χ1v) is 6.48. The molecule has 0 atom stereocenters. The molecule has 0 radical (unpaired) electrons. The smallest absolute Gasteiger partial charge is 0.230 e. The van der Waals surface area contributed by atoms with Gasteiger partial charge in [-0.25, -0.2) is 4.98 Å². The minimum absolute atomic E-state index is 0.250. The Balaban J connectivity index is 2.24. The Labute approximate surface area is 122 Å². The van der Waals surface area contributed by atoms with Crippen molar-refractivity contribution in [2.24, 2.45) is 7.05 Å². The summed E-state index contributed by atoms with van der Waals surface area (Å²) >= 11 is 0. The molecule has 3 rings (SSSR count). The number of hydrogen-bond donors (Lipinski definition) is 1. The molecule has 0 unspecified atom stereocenters. The lowest BCUT2D eigenvalue weighted by molar-refractivity contribution is 0.416. The molecule has 0 bridgehead atoms.